The molecule has 0 atom stereocenters. The van der Waals surface area contributed by atoms with Gasteiger partial charge in [0, 0.05) is 12.2 Å². The number of halogens is 3. The van der Waals surface area contributed by atoms with Crippen LogP contribution in [0.1, 0.15) is 37.6 Å². The minimum absolute atomic E-state index is 0.00183. The molecule has 0 saturated carbocycles. The molecular formula is C11H17F3N4. The first-order valence-corrected chi connectivity index (χ1v) is 5.74. The summed E-state index contributed by atoms with van der Waals surface area (Å²) < 4.78 is 38.0. The second-order valence-corrected chi connectivity index (χ2v) is 4.22. The molecule has 0 aliphatic rings. The number of alkyl halides is 3. The van der Waals surface area contributed by atoms with Crippen LogP contribution >= 0.6 is 0 Å². The van der Waals surface area contributed by atoms with Crippen molar-refractivity contribution >= 4 is 5.95 Å². The molecular weight excluding hydrogens is 245 g/mol. The number of anilines is 1. The Morgan fingerprint density at radius 1 is 1.33 bits per heavy atom. The van der Waals surface area contributed by atoms with Crippen LogP contribution < -0.4 is 11.1 Å². The molecule has 0 aromatic carbocycles. The summed E-state index contributed by atoms with van der Waals surface area (Å²) in [5.41, 5.74) is 4.76. The van der Waals surface area contributed by atoms with Crippen LogP contribution in [-0.4, -0.2) is 23.1 Å². The minimum Gasteiger partial charge on any atom is -0.354 e. The molecule has 0 saturated heterocycles. The molecule has 1 aromatic rings. The van der Waals surface area contributed by atoms with Gasteiger partial charge in [-0.25, -0.2) is 9.97 Å². The summed E-state index contributed by atoms with van der Waals surface area (Å²) in [6, 6.07) is 0.985. The fourth-order valence-corrected chi connectivity index (χ4v) is 1.29. The Labute approximate surface area is 104 Å². The number of nitrogens with zero attached hydrogens (tertiary/aromatic N) is 2. The molecule has 102 valence electrons. The van der Waals surface area contributed by atoms with E-state index in [-0.39, 0.29) is 11.9 Å². The zero-order valence-corrected chi connectivity index (χ0v) is 10.4. The highest BCUT2D eigenvalue weighted by molar-refractivity contribution is 5.30. The molecule has 0 aliphatic heterocycles. The molecule has 0 radical (unpaired) electrons. The summed E-state index contributed by atoms with van der Waals surface area (Å²) in [4.78, 5) is 7.53. The smallest absolute Gasteiger partial charge is 0.354 e. The van der Waals surface area contributed by atoms with Crippen molar-refractivity contribution in [2.75, 3.05) is 18.4 Å². The standard InChI is InChI=1S/C11H17F3N4/c1-7(2)8-6-9(11(12,13)14)18-10(17-8)16-5-3-4-15/h6-7H,3-5,15H2,1-2H3,(H,16,17,18). The van der Waals surface area contributed by atoms with Gasteiger partial charge in [-0.05, 0) is 24.9 Å². The predicted molar refractivity (Wildman–Crippen MR) is 63.3 cm³/mol. The largest absolute Gasteiger partial charge is 0.433 e. The fraction of sp³-hybridized carbons (Fsp3) is 0.636. The molecule has 0 fully saturated rings. The minimum atomic E-state index is -4.46. The highest BCUT2D eigenvalue weighted by Crippen LogP contribution is 2.29. The Morgan fingerprint density at radius 2 is 2.00 bits per heavy atom. The van der Waals surface area contributed by atoms with Crippen molar-refractivity contribution in [1.82, 2.24) is 9.97 Å². The van der Waals surface area contributed by atoms with Gasteiger partial charge in [0.1, 0.15) is 5.69 Å². The maximum Gasteiger partial charge on any atom is 0.433 e. The fourth-order valence-electron chi connectivity index (χ4n) is 1.29. The van der Waals surface area contributed by atoms with Crippen LogP contribution in [0.5, 0.6) is 0 Å². The van der Waals surface area contributed by atoms with Crippen molar-refractivity contribution in [3.05, 3.63) is 17.5 Å². The quantitative estimate of drug-likeness (QED) is 0.800. The average molecular weight is 262 g/mol. The van der Waals surface area contributed by atoms with Crippen LogP contribution in [0.25, 0.3) is 0 Å². The first-order valence-electron chi connectivity index (χ1n) is 5.74. The van der Waals surface area contributed by atoms with Crippen LogP contribution in [0.4, 0.5) is 19.1 Å². The molecule has 7 heteroatoms. The molecule has 0 amide bonds. The van der Waals surface area contributed by atoms with Gasteiger partial charge >= 0.3 is 6.18 Å². The zero-order valence-electron chi connectivity index (χ0n) is 10.4. The molecule has 0 bridgehead atoms. The van der Waals surface area contributed by atoms with Gasteiger partial charge in [0.25, 0.3) is 0 Å². The third-order valence-electron chi connectivity index (χ3n) is 2.29. The van der Waals surface area contributed by atoms with Gasteiger partial charge in [0.15, 0.2) is 0 Å². The van der Waals surface area contributed by atoms with Gasteiger partial charge in [-0.15, -0.1) is 0 Å². The van der Waals surface area contributed by atoms with Crippen molar-refractivity contribution in [2.45, 2.75) is 32.4 Å². The first-order chi connectivity index (χ1) is 8.34. The first kappa shape index (κ1) is 14.7. The molecule has 1 rings (SSSR count). The van der Waals surface area contributed by atoms with Crippen molar-refractivity contribution < 1.29 is 13.2 Å². The van der Waals surface area contributed by atoms with E-state index in [9.17, 15) is 13.2 Å². The third kappa shape index (κ3) is 4.14. The monoisotopic (exact) mass is 262 g/mol. The highest BCUT2D eigenvalue weighted by atomic mass is 19.4. The van der Waals surface area contributed by atoms with Gasteiger partial charge in [-0.3, -0.25) is 0 Å². The van der Waals surface area contributed by atoms with Crippen LogP contribution in [0, 0.1) is 0 Å². The molecule has 1 heterocycles. The average Bonchev–Trinajstić information content (AvgIpc) is 2.28. The number of hydrogen-bond acceptors (Lipinski definition) is 4. The van der Waals surface area contributed by atoms with Gasteiger partial charge in [-0.1, -0.05) is 13.8 Å². The zero-order chi connectivity index (χ0) is 13.8. The van der Waals surface area contributed by atoms with E-state index >= 15 is 0 Å². The normalized spacial score (nSPS) is 11.9. The van der Waals surface area contributed by atoms with Crippen LogP contribution in [0.15, 0.2) is 6.07 Å². The van der Waals surface area contributed by atoms with E-state index < -0.39 is 11.9 Å². The summed E-state index contributed by atoms with van der Waals surface area (Å²) in [6.45, 7) is 4.48. The molecule has 3 N–H and O–H groups in total. The number of aromatic nitrogens is 2. The molecule has 18 heavy (non-hydrogen) atoms. The Kier molecular flexibility index (Phi) is 4.89. The Balaban J connectivity index is 2.99. The number of nitrogens with one attached hydrogen (secondary N) is 1. The lowest BCUT2D eigenvalue weighted by Crippen LogP contribution is -2.15. The third-order valence-corrected chi connectivity index (χ3v) is 2.29. The van der Waals surface area contributed by atoms with Crippen molar-refractivity contribution in [2.24, 2.45) is 5.73 Å². The molecule has 0 spiro atoms. The van der Waals surface area contributed by atoms with Gasteiger partial charge < -0.3 is 11.1 Å². The van der Waals surface area contributed by atoms with Crippen molar-refractivity contribution in [1.29, 1.82) is 0 Å². The lowest BCUT2D eigenvalue weighted by Gasteiger charge is -2.13. The van der Waals surface area contributed by atoms with Crippen molar-refractivity contribution in [3.8, 4) is 0 Å². The summed E-state index contributed by atoms with van der Waals surface area (Å²) in [6.07, 6.45) is -3.81. The number of hydrogen-bond donors (Lipinski definition) is 2. The lowest BCUT2D eigenvalue weighted by molar-refractivity contribution is -0.141. The predicted octanol–water partition coefficient (Wildman–Crippen LogP) is 2.38. The lowest BCUT2D eigenvalue weighted by atomic mass is 10.1. The second-order valence-electron chi connectivity index (χ2n) is 4.22. The van der Waals surface area contributed by atoms with Crippen LogP contribution in [0.2, 0.25) is 0 Å². The molecule has 4 nitrogen and oxygen atoms in total. The number of rotatable bonds is 5. The van der Waals surface area contributed by atoms with Gasteiger partial charge in [0.2, 0.25) is 5.95 Å². The second kappa shape index (κ2) is 5.99. The Morgan fingerprint density at radius 3 is 2.50 bits per heavy atom. The Hall–Kier alpha value is -1.37. The molecule has 1 aromatic heterocycles. The summed E-state index contributed by atoms with van der Waals surface area (Å²) in [5.74, 6) is -0.0915. The summed E-state index contributed by atoms with van der Waals surface area (Å²) >= 11 is 0. The van der Waals surface area contributed by atoms with E-state index in [2.05, 4.69) is 15.3 Å². The SMILES string of the molecule is CC(C)c1cc(C(F)(F)F)nc(NCCCN)n1. The van der Waals surface area contributed by atoms with Crippen LogP contribution in [0.3, 0.4) is 0 Å². The van der Waals surface area contributed by atoms with E-state index in [4.69, 9.17) is 5.73 Å². The van der Waals surface area contributed by atoms with E-state index in [0.29, 0.717) is 25.2 Å². The van der Waals surface area contributed by atoms with Gasteiger partial charge in [0.05, 0.1) is 0 Å². The molecule has 0 unspecified atom stereocenters. The topological polar surface area (TPSA) is 63.8 Å². The van der Waals surface area contributed by atoms with E-state index in [1.807, 2.05) is 0 Å². The van der Waals surface area contributed by atoms with Crippen molar-refractivity contribution in [3.63, 3.8) is 0 Å². The number of nitrogens with two attached hydrogens (primary N) is 1. The highest BCUT2D eigenvalue weighted by Gasteiger charge is 2.33. The van der Waals surface area contributed by atoms with Gasteiger partial charge in [-0.2, -0.15) is 13.2 Å². The van der Waals surface area contributed by atoms with Crippen LogP contribution in [-0.2, 0) is 6.18 Å². The van der Waals surface area contributed by atoms with E-state index in [1.54, 1.807) is 13.8 Å². The maximum absolute atomic E-state index is 12.7. The van der Waals surface area contributed by atoms with E-state index in [1.165, 1.54) is 0 Å². The van der Waals surface area contributed by atoms with E-state index in [0.717, 1.165) is 6.07 Å². The molecule has 0 aliphatic carbocycles. The maximum atomic E-state index is 12.7. The summed E-state index contributed by atoms with van der Waals surface area (Å²) in [7, 11) is 0. The summed E-state index contributed by atoms with van der Waals surface area (Å²) in [5, 5.41) is 2.75. The Bertz CT molecular complexity index is 390.